The van der Waals surface area contributed by atoms with E-state index in [0.29, 0.717) is 32.7 Å². The molecular formula is C13H12Cl2N4O. The van der Waals surface area contributed by atoms with Crippen LogP contribution >= 0.6 is 23.2 Å². The quantitative estimate of drug-likeness (QED) is 0.395. The average Bonchev–Trinajstić information content (AvgIpc) is 2.46. The number of hydrogen-bond acceptors (Lipinski definition) is 4. The molecule has 0 unspecified atom stereocenters. The van der Waals surface area contributed by atoms with E-state index in [0.717, 1.165) is 0 Å². The lowest BCUT2D eigenvalue weighted by Gasteiger charge is -2.12. The van der Waals surface area contributed by atoms with Crippen molar-refractivity contribution in [2.75, 3.05) is 7.11 Å². The standard InChI is InChI=1S/C13H12Cl2N4O/c1-20-10-6-5-7(12(18-10)13(16)19-17)11-8(14)3-2-4-9(11)15/h2-6H,17H2,1H3,(H2,16,19). The van der Waals surface area contributed by atoms with E-state index in [2.05, 4.69) is 10.1 Å². The number of halogens is 2. The Morgan fingerprint density at radius 1 is 1.20 bits per heavy atom. The summed E-state index contributed by atoms with van der Waals surface area (Å²) in [5.41, 5.74) is 7.39. The minimum absolute atomic E-state index is 0.0647. The van der Waals surface area contributed by atoms with Crippen molar-refractivity contribution >= 4 is 29.0 Å². The first-order valence-electron chi connectivity index (χ1n) is 5.61. The number of pyridine rings is 1. The fraction of sp³-hybridized carbons (Fsp3) is 0.0769. The van der Waals surface area contributed by atoms with Gasteiger partial charge in [-0.05, 0) is 18.2 Å². The Kier molecular flexibility index (Phi) is 4.32. The van der Waals surface area contributed by atoms with Gasteiger partial charge in [0.25, 0.3) is 0 Å². The summed E-state index contributed by atoms with van der Waals surface area (Å²) < 4.78 is 5.07. The van der Waals surface area contributed by atoms with Gasteiger partial charge in [-0.3, -0.25) is 0 Å². The summed E-state index contributed by atoms with van der Waals surface area (Å²) >= 11 is 12.4. The lowest BCUT2D eigenvalue weighted by Crippen LogP contribution is -2.18. The van der Waals surface area contributed by atoms with Crippen LogP contribution in [0.1, 0.15) is 5.69 Å². The van der Waals surface area contributed by atoms with Crippen LogP contribution in [-0.4, -0.2) is 17.9 Å². The molecule has 0 aliphatic carbocycles. The third-order valence-corrected chi connectivity index (χ3v) is 3.32. The Morgan fingerprint density at radius 2 is 1.85 bits per heavy atom. The fourth-order valence-electron chi connectivity index (χ4n) is 1.77. The van der Waals surface area contributed by atoms with Gasteiger partial charge in [0.15, 0.2) is 5.84 Å². The second-order valence-electron chi connectivity index (χ2n) is 3.86. The molecule has 2 rings (SSSR count). The van der Waals surface area contributed by atoms with Crippen molar-refractivity contribution in [3.05, 3.63) is 46.1 Å². The van der Waals surface area contributed by atoms with E-state index < -0.39 is 0 Å². The SMILES string of the molecule is COc1ccc(-c2c(Cl)cccc2Cl)c(C(N)=NN)n1. The number of hydrogen-bond donors (Lipinski definition) is 2. The summed E-state index contributed by atoms with van der Waals surface area (Å²) in [4.78, 5) is 4.25. The normalized spacial score (nSPS) is 11.4. The predicted molar refractivity (Wildman–Crippen MR) is 81.2 cm³/mol. The zero-order valence-electron chi connectivity index (χ0n) is 10.6. The first-order valence-corrected chi connectivity index (χ1v) is 6.37. The van der Waals surface area contributed by atoms with Gasteiger partial charge in [0.05, 0.1) is 7.11 Å². The molecule has 0 radical (unpaired) electrons. The molecule has 0 fully saturated rings. The van der Waals surface area contributed by atoms with Crippen LogP contribution in [0.25, 0.3) is 11.1 Å². The van der Waals surface area contributed by atoms with Crippen LogP contribution in [0.3, 0.4) is 0 Å². The van der Waals surface area contributed by atoms with Crippen molar-refractivity contribution in [2.24, 2.45) is 16.7 Å². The predicted octanol–water partition coefficient (Wildman–Crippen LogP) is 2.64. The number of rotatable bonds is 3. The van der Waals surface area contributed by atoms with E-state index in [1.165, 1.54) is 7.11 Å². The monoisotopic (exact) mass is 310 g/mol. The van der Waals surface area contributed by atoms with Crippen molar-refractivity contribution in [3.63, 3.8) is 0 Å². The van der Waals surface area contributed by atoms with E-state index in [-0.39, 0.29) is 5.84 Å². The van der Waals surface area contributed by atoms with Crippen molar-refractivity contribution < 1.29 is 4.74 Å². The minimum atomic E-state index is 0.0647. The Bertz CT molecular complexity index is 653. The van der Waals surface area contributed by atoms with Gasteiger partial charge in [0.1, 0.15) is 5.69 Å². The molecule has 0 aliphatic rings. The molecule has 4 N–H and O–H groups in total. The molecule has 0 saturated heterocycles. The van der Waals surface area contributed by atoms with Gasteiger partial charge in [-0.2, -0.15) is 5.10 Å². The summed E-state index contributed by atoms with van der Waals surface area (Å²) in [6, 6.07) is 8.65. The number of ether oxygens (including phenoxy) is 1. The van der Waals surface area contributed by atoms with Crippen LogP contribution in [0.5, 0.6) is 5.88 Å². The largest absolute Gasteiger partial charge is 0.481 e. The highest BCUT2D eigenvalue weighted by Gasteiger charge is 2.17. The highest BCUT2D eigenvalue weighted by Crippen LogP contribution is 2.36. The number of nitrogens with zero attached hydrogens (tertiary/aromatic N) is 2. The van der Waals surface area contributed by atoms with E-state index in [1.807, 2.05) is 0 Å². The lowest BCUT2D eigenvalue weighted by molar-refractivity contribution is 0.397. The summed E-state index contributed by atoms with van der Waals surface area (Å²) in [5, 5.41) is 4.43. The van der Waals surface area contributed by atoms with Crippen LogP contribution in [-0.2, 0) is 0 Å². The van der Waals surface area contributed by atoms with E-state index in [9.17, 15) is 0 Å². The zero-order chi connectivity index (χ0) is 14.7. The van der Waals surface area contributed by atoms with Gasteiger partial charge < -0.3 is 16.3 Å². The Hall–Kier alpha value is -1.98. The maximum atomic E-state index is 6.20. The Balaban J connectivity index is 2.74. The van der Waals surface area contributed by atoms with E-state index in [4.69, 9.17) is 39.5 Å². The van der Waals surface area contributed by atoms with Crippen molar-refractivity contribution in [1.82, 2.24) is 4.98 Å². The molecule has 0 bridgehead atoms. The molecule has 0 saturated carbocycles. The molecule has 2 aromatic rings. The van der Waals surface area contributed by atoms with Gasteiger partial charge in [0, 0.05) is 27.2 Å². The summed E-state index contributed by atoms with van der Waals surface area (Å²) in [7, 11) is 1.50. The van der Waals surface area contributed by atoms with Crippen LogP contribution in [0.4, 0.5) is 0 Å². The molecule has 7 heteroatoms. The third kappa shape index (κ3) is 2.64. The Labute approximate surface area is 126 Å². The molecule has 20 heavy (non-hydrogen) atoms. The summed E-state index contributed by atoms with van der Waals surface area (Å²) in [6.07, 6.45) is 0. The number of aromatic nitrogens is 1. The highest BCUT2D eigenvalue weighted by atomic mass is 35.5. The summed E-state index contributed by atoms with van der Waals surface area (Å²) in [6.45, 7) is 0. The molecule has 1 aromatic carbocycles. The molecule has 0 amide bonds. The molecule has 5 nitrogen and oxygen atoms in total. The van der Waals surface area contributed by atoms with Crippen molar-refractivity contribution in [3.8, 4) is 17.0 Å². The molecule has 1 aromatic heterocycles. The van der Waals surface area contributed by atoms with Crippen LogP contribution in [0.2, 0.25) is 10.0 Å². The number of amidine groups is 1. The highest BCUT2D eigenvalue weighted by molar-refractivity contribution is 6.39. The van der Waals surface area contributed by atoms with Crippen LogP contribution in [0, 0.1) is 0 Å². The van der Waals surface area contributed by atoms with Gasteiger partial charge in [-0.15, -0.1) is 0 Å². The van der Waals surface area contributed by atoms with Gasteiger partial charge in [-0.1, -0.05) is 29.3 Å². The number of nitrogens with two attached hydrogens (primary N) is 2. The third-order valence-electron chi connectivity index (χ3n) is 2.69. The number of hydrazone groups is 1. The first kappa shape index (κ1) is 14.4. The number of benzene rings is 1. The van der Waals surface area contributed by atoms with E-state index in [1.54, 1.807) is 30.3 Å². The molecular weight excluding hydrogens is 299 g/mol. The molecule has 0 aliphatic heterocycles. The lowest BCUT2D eigenvalue weighted by atomic mass is 10.0. The molecule has 0 atom stereocenters. The van der Waals surface area contributed by atoms with Crippen molar-refractivity contribution in [1.29, 1.82) is 0 Å². The van der Waals surface area contributed by atoms with Crippen LogP contribution in [0.15, 0.2) is 35.4 Å². The first-order chi connectivity index (χ1) is 9.58. The average molecular weight is 311 g/mol. The zero-order valence-corrected chi connectivity index (χ0v) is 12.1. The minimum Gasteiger partial charge on any atom is -0.481 e. The van der Waals surface area contributed by atoms with E-state index >= 15 is 0 Å². The molecule has 104 valence electrons. The van der Waals surface area contributed by atoms with Gasteiger partial charge in [0.2, 0.25) is 5.88 Å². The smallest absolute Gasteiger partial charge is 0.213 e. The summed E-state index contributed by atoms with van der Waals surface area (Å²) in [5.74, 6) is 5.69. The fourth-order valence-corrected chi connectivity index (χ4v) is 2.37. The Morgan fingerprint density at radius 3 is 2.40 bits per heavy atom. The van der Waals surface area contributed by atoms with Crippen LogP contribution < -0.4 is 16.3 Å². The van der Waals surface area contributed by atoms with Crippen molar-refractivity contribution in [2.45, 2.75) is 0 Å². The molecule has 0 spiro atoms. The van der Waals surface area contributed by atoms with Gasteiger partial charge in [-0.25, -0.2) is 4.98 Å². The second-order valence-corrected chi connectivity index (χ2v) is 4.68. The van der Waals surface area contributed by atoms with Gasteiger partial charge >= 0.3 is 0 Å². The topological polar surface area (TPSA) is 86.5 Å². The molecule has 1 heterocycles. The second kappa shape index (κ2) is 5.98. The maximum absolute atomic E-state index is 6.20. The number of methoxy groups -OCH3 is 1. The maximum Gasteiger partial charge on any atom is 0.213 e.